The van der Waals surface area contributed by atoms with Crippen molar-refractivity contribution in [2.24, 2.45) is 5.92 Å². The van der Waals surface area contributed by atoms with Crippen molar-refractivity contribution >= 4 is 23.5 Å². The number of hydrogen-bond donors (Lipinski definition) is 1. The molecule has 22 heavy (non-hydrogen) atoms. The minimum Gasteiger partial charge on any atom is -0.341 e. The third-order valence-electron chi connectivity index (χ3n) is 4.61. The smallest absolute Gasteiger partial charge is 0.317 e. The van der Waals surface area contributed by atoms with E-state index < -0.39 is 0 Å². The Kier molecular flexibility index (Phi) is 4.25. The lowest BCUT2D eigenvalue weighted by Gasteiger charge is -2.32. The van der Waals surface area contributed by atoms with Crippen molar-refractivity contribution in [1.29, 1.82) is 0 Å². The van der Waals surface area contributed by atoms with Crippen LogP contribution in [0.25, 0.3) is 0 Å². The molecule has 2 atom stereocenters. The molecule has 118 valence electrons. The molecule has 1 aromatic carbocycles. The van der Waals surface area contributed by atoms with Crippen LogP contribution in [-0.4, -0.2) is 47.9 Å². The van der Waals surface area contributed by atoms with Gasteiger partial charge in [0, 0.05) is 37.7 Å². The van der Waals surface area contributed by atoms with Gasteiger partial charge in [-0.05, 0) is 30.5 Å². The molecule has 4 rings (SSSR count). The van der Waals surface area contributed by atoms with Crippen molar-refractivity contribution in [3.8, 4) is 0 Å². The van der Waals surface area contributed by atoms with Gasteiger partial charge < -0.3 is 15.1 Å². The van der Waals surface area contributed by atoms with Gasteiger partial charge in [-0.1, -0.05) is 23.7 Å². The minimum absolute atomic E-state index is 0.0509. The Bertz CT molecular complexity index is 575. The average molecular weight is 322 g/mol. The first-order valence-corrected chi connectivity index (χ1v) is 7.96. The van der Waals surface area contributed by atoms with E-state index in [1.165, 1.54) is 0 Å². The average Bonchev–Trinajstić information content (AvgIpc) is 2.80. The van der Waals surface area contributed by atoms with Crippen LogP contribution in [0.4, 0.5) is 4.79 Å². The molecule has 1 aromatic rings. The lowest BCUT2D eigenvalue weighted by atomic mass is 9.95. The van der Waals surface area contributed by atoms with Crippen LogP contribution >= 0.6 is 11.6 Å². The van der Waals surface area contributed by atoms with Gasteiger partial charge in [0.1, 0.15) is 0 Å². The highest BCUT2D eigenvalue weighted by Gasteiger charge is 2.40. The molecule has 0 aromatic heterocycles. The number of nitrogens with zero attached hydrogens (tertiary/aromatic N) is 2. The summed E-state index contributed by atoms with van der Waals surface area (Å²) in [5.74, 6) is 0.120. The van der Waals surface area contributed by atoms with Crippen molar-refractivity contribution in [3.63, 3.8) is 0 Å². The Morgan fingerprint density at radius 1 is 1.27 bits per heavy atom. The zero-order valence-corrected chi connectivity index (χ0v) is 13.3. The number of hydrogen-bond acceptors (Lipinski definition) is 2. The van der Waals surface area contributed by atoms with Crippen LogP contribution < -0.4 is 5.32 Å². The fourth-order valence-electron chi connectivity index (χ4n) is 3.21. The number of rotatable bonds is 2. The highest BCUT2D eigenvalue weighted by atomic mass is 35.5. The number of likely N-dealkylation sites (N-methyl/N-ethyl adjacent to an activating group) is 1. The lowest BCUT2D eigenvalue weighted by molar-refractivity contribution is -0.138. The van der Waals surface area contributed by atoms with E-state index in [1.807, 2.05) is 31.3 Å². The molecule has 3 heterocycles. The molecule has 0 saturated carbocycles. The number of piperidine rings is 1. The normalized spacial score (nSPS) is 24.4. The summed E-state index contributed by atoms with van der Waals surface area (Å²) in [5.41, 5.74) is 1.00. The fourth-order valence-corrected chi connectivity index (χ4v) is 3.34. The van der Waals surface area contributed by atoms with E-state index in [0.717, 1.165) is 18.4 Å². The van der Waals surface area contributed by atoms with E-state index >= 15 is 0 Å². The summed E-state index contributed by atoms with van der Waals surface area (Å²) in [7, 11) is 1.84. The number of nitrogens with one attached hydrogen (secondary N) is 1. The first-order chi connectivity index (χ1) is 10.5. The highest BCUT2D eigenvalue weighted by molar-refractivity contribution is 6.30. The van der Waals surface area contributed by atoms with Gasteiger partial charge in [0.05, 0.1) is 5.92 Å². The van der Waals surface area contributed by atoms with E-state index in [2.05, 4.69) is 5.32 Å². The first kappa shape index (κ1) is 15.2. The molecule has 0 spiro atoms. The van der Waals surface area contributed by atoms with Crippen LogP contribution in [0.15, 0.2) is 24.3 Å². The van der Waals surface area contributed by atoms with Crippen LogP contribution in [0.1, 0.15) is 18.4 Å². The predicted molar refractivity (Wildman–Crippen MR) is 84.5 cm³/mol. The molecule has 1 N–H and O–H groups in total. The second-order valence-corrected chi connectivity index (χ2v) is 6.50. The molecule has 0 aliphatic carbocycles. The van der Waals surface area contributed by atoms with Gasteiger partial charge in [-0.3, -0.25) is 4.79 Å². The third kappa shape index (κ3) is 3.04. The van der Waals surface area contributed by atoms with Crippen molar-refractivity contribution in [2.45, 2.75) is 25.4 Å². The molecule has 3 aliphatic heterocycles. The lowest BCUT2D eigenvalue weighted by Crippen LogP contribution is -2.46. The molecule has 0 unspecified atom stereocenters. The summed E-state index contributed by atoms with van der Waals surface area (Å²) in [5, 5.41) is 3.61. The van der Waals surface area contributed by atoms with Crippen molar-refractivity contribution in [3.05, 3.63) is 34.9 Å². The Morgan fingerprint density at radius 2 is 2.00 bits per heavy atom. The standard InChI is InChI=1S/C16H20ClN3O2/c1-19-14-7-4-12(15(19)21)9-20(10-14)16(22)18-8-11-2-5-13(17)6-3-11/h2-3,5-6,12,14H,4,7-10H2,1H3,(H,18,22)/t12-,14+/m0/s1. The zero-order chi connectivity index (χ0) is 15.7. The summed E-state index contributed by atoms with van der Waals surface area (Å²) in [6.07, 6.45) is 1.86. The Labute approximate surface area is 135 Å². The van der Waals surface area contributed by atoms with Gasteiger partial charge in [0.25, 0.3) is 0 Å². The topological polar surface area (TPSA) is 52.7 Å². The van der Waals surface area contributed by atoms with E-state index in [4.69, 9.17) is 11.6 Å². The number of carbonyl (C=O) groups excluding carboxylic acids is 2. The Balaban J connectivity index is 1.61. The SMILES string of the molecule is CN1C(=O)[C@H]2CC[C@@H]1CN(C(=O)NCc1ccc(Cl)cc1)C2. The van der Waals surface area contributed by atoms with E-state index in [1.54, 1.807) is 9.80 Å². The molecule has 6 heteroatoms. The molecule has 3 aliphatic rings. The van der Waals surface area contributed by atoms with Crippen LogP contribution in [0.2, 0.25) is 5.02 Å². The van der Waals surface area contributed by atoms with Crippen molar-refractivity contribution in [2.75, 3.05) is 20.1 Å². The second kappa shape index (κ2) is 6.16. The van der Waals surface area contributed by atoms with Crippen molar-refractivity contribution < 1.29 is 9.59 Å². The van der Waals surface area contributed by atoms with Gasteiger partial charge in [0.15, 0.2) is 0 Å². The Morgan fingerprint density at radius 3 is 2.73 bits per heavy atom. The number of carbonyl (C=O) groups is 2. The van der Waals surface area contributed by atoms with Gasteiger partial charge >= 0.3 is 6.03 Å². The summed E-state index contributed by atoms with van der Waals surface area (Å²) < 4.78 is 0. The summed E-state index contributed by atoms with van der Waals surface area (Å²) in [6.45, 7) is 1.60. The number of amides is 3. The van der Waals surface area contributed by atoms with Crippen LogP contribution in [0.3, 0.4) is 0 Å². The maximum atomic E-state index is 12.4. The van der Waals surface area contributed by atoms with Gasteiger partial charge in [-0.25, -0.2) is 4.79 Å². The number of urea groups is 1. The third-order valence-corrected chi connectivity index (χ3v) is 4.86. The van der Waals surface area contributed by atoms with Crippen LogP contribution in [-0.2, 0) is 11.3 Å². The monoisotopic (exact) mass is 321 g/mol. The summed E-state index contributed by atoms with van der Waals surface area (Å²) >= 11 is 5.85. The zero-order valence-electron chi connectivity index (χ0n) is 12.6. The van der Waals surface area contributed by atoms with Crippen molar-refractivity contribution in [1.82, 2.24) is 15.1 Å². The van der Waals surface area contributed by atoms with Gasteiger partial charge in [-0.2, -0.15) is 0 Å². The molecule has 3 amide bonds. The Hall–Kier alpha value is -1.75. The highest BCUT2D eigenvalue weighted by Crippen LogP contribution is 2.27. The van der Waals surface area contributed by atoms with Gasteiger partial charge in [-0.15, -0.1) is 0 Å². The van der Waals surface area contributed by atoms with E-state index in [0.29, 0.717) is 24.7 Å². The summed E-state index contributed by atoms with van der Waals surface area (Å²) in [4.78, 5) is 28.1. The molecular formula is C16H20ClN3O2. The number of fused-ring (bicyclic) bond motifs is 4. The molecular weight excluding hydrogens is 302 g/mol. The van der Waals surface area contributed by atoms with E-state index in [9.17, 15) is 9.59 Å². The maximum absolute atomic E-state index is 12.4. The summed E-state index contributed by atoms with van der Waals surface area (Å²) in [6, 6.07) is 7.45. The molecule has 2 bridgehead atoms. The first-order valence-electron chi connectivity index (χ1n) is 7.58. The largest absolute Gasteiger partial charge is 0.341 e. The van der Waals surface area contributed by atoms with Crippen LogP contribution in [0.5, 0.6) is 0 Å². The maximum Gasteiger partial charge on any atom is 0.317 e. The molecule has 0 radical (unpaired) electrons. The number of halogens is 1. The quantitative estimate of drug-likeness (QED) is 0.907. The molecule has 5 nitrogen and oxygen atoms in total. The molecule has 3 saturated heterocycles. The predicted octanol–water partition coefficient (Wildman–Crippen LogP) is 2.10. The molecule has 3 fully saturated rings. The number of benzene rings is 1. The minimum atomic E-state index is -0.102. The second-order valence-electron chi connectivity index (χ2n) is 6.07. The van der Waals surface area contributed by atoms with Gasteiger partial charge in [0.2, 0.25) is 5.91 Å². The van der Waals surface area contributed by atoms with Crippen LogP contribution in [0, 0.1) is 5.92 Å². The fraction of sp³-hybridized carbons (Fsp3) is 0.500. The van der Waals surface area contributed by atoms with E-state index in [-0.39, 0.29) is 23.9 Å².